The second-order valence-corrected chi connectivity index (χ2v) is 17.9. The van der Waals surface area contributed by atoms with Gasteiger partial charge in [0.05, 0.1) is 0 Å². The minimum Gasteiger partial charge on any atom is -0.310 e. The number of benzene rings is 10. The van der Waals surface area contributed by atoms with Crippen LogP contribution in [0.25, 0.3) is 95.6 Å². The van der Waals surface area contributed by atoms with Gasteiger partial charge < -0.3 is 4.90 Å². The first-order valence-corrected chi connectivity index (χ1v) is 22.4. The fourth-order valence-electron chi connectivity index (χ4n) is 9.01. The van der Waals surface area contributed by atoms with Crippen LogP contribution in [0.15, 0.2) is 224 Å². The highest BCUT2D eigenvalue weighted by Gasteiger charge is 2.17. The first-order chi connectivity index (χ1) is 30.2. The quantitative estimate of drug-likeness (QED) is 0.155. The standard InChI is InChI=1S/C58H37NS2/c1-2-12-40-33-44(26-25-38(40)11-1)43-15-9-18-49(36-43)59(47-30-27-39(28-31-47)45-29-32-53-51-19-3-5-23-55(51)60-57(53)37-45)48-17-8-14-42(35-48)41-13-7-16-46(34-41)50-21-10-22-54-52-20-4-6-24-56(52)61-58(50)54/h1-37H. The van der Waals surface area contributed by atoms with Crippen LogP contribution < -0.4 is 4.90 Å². The summed E-state index contributed by atoms with van der Waals surface area (Å²) in [4.78, 5) is 2.40. The summed E-state index contributed by atoms with van der Waals surface area (Å²) < 4.78 is 5.30. The van der Waals surface area contributed by atoms with Crippen molar-refractivity contribution in [1.82, 2.24) is 0 Å². The van der Waals surface area contributed by atoms with Gasteiger partial charge in [0.25, 0.3) is 0 Å². The third kappa shape index (κ3) is 6.38. The van der Waals surface area contributed by atoms with Gasteiger partial charge >= 0.3 is 0 Å². The van der Waals surface area contributed by atoms with Gasteiger partial charge in [-0.15, -0.1) is 22.7 Å². The Hall–Kier alpha value is -7.30. The van der Waals surface area contributed by atoms with Crippen molar-refractivity contribution < 1.29 is 0 Å². The molecule has 0 aliphatic heterocycles. The summed E-state index contributed by atoms with van der Waals surface area (Å²) in [5.41, 5.74) is 13.0. The lowest BCUT2D eigenvalue weighted by atomic mass is 9.97. The number of anilines is 3. The van der Waals surface area contributed by atoms with E-state index in [2.05, 4.69) is 229 Å². The molecule has 0 fully saturated rings. The van der Waals surface area contributed by atoms with Gasteiger partial charge in [-0.3, -0.25) is 0 Å². The predicted molar refractivity (Wildman–Crippen MR) is 266 cm³/mol. The molecule has 3 heteroatoms. The van der Waals surface area contributed by atoms with Crippen LogP contribution in [0, 0.1) is 0 Å². The van der Waals surface area contributed by atoms with Crippen LogP contribution >= 0.6 is 22.7 Å². The normalized spacial score (nSPS) is 11.6. The number of fused-ring (bicyclic) bond motifs is 7. The lowest BCUT2D eigenvalue weighted by molar-refractivity contribution is 1.28. The van der Waals surface area contributed by atoms with Crippen LogP contribution in [0.1, 0.15) is 0 Å². The average Bonchev–Trinajstić information content (AvgIpc) is 3.90. The van der Waals surface area contributed by atoms with E-state index >= 15 is 0 Å². The lowest BCUT2D eigenvalue weighted by Crippen LogP contribution is -2.10. The van der Waals surface area contributed by atoms with Crippen LogP contribution in [0.2, 0.25) is 0 Å². The molecule has 0 atom stereocenters. The average molecular weight is 812 g/mol. The zero-order chi connectivity index (χ0) is 40.3. The molecule has 0 saturated carbocycles. The van der Waals surface area contributed by atoms with Gasteiger partial charge in [-0.2, -0.15) is 0 Å². The third-order valence-electron chi connectivity index (χ3n) is 12.0. The number of hydrogen-bond acceptors (Lipinski definition) is 3. The Balaban J connectivity index is 0.953. The minimum absolute atomic E-state index is 1.10. The highest BCUT2D eigenvalue weighted by Crippen LogP contribution is 2.43. The Morgan fingerprint density at radius 3 is 1.56 bits per heavy atom. The molecule has 61 heavy (non-hydrogen) atoms. The Labute approximate surface area is 362 Å². The summed E-state index contributed by atoms with van der Waals surface area (Å²) in [5.74, 6) is 0. The van der Waals surface area contributed by atoms with Crippen molar-refractivity contribution in [2.75, 3.05) is 4.90 Å². The van der Waals surface area contributed by atoms with Gasteiger partial charge in [-0.05, 0) is 122 Å². The van der Waals surface area contributed by atoms with E-state index in [1.165, 1.54) is 95.6 Å². The monoisotopic (exact) mass is 811 g/mol. The molecule has 10 aromatic carbocycles. The van der Waals surface area contributed by atoms with Crippen molar-refractivity contribution in [2.45, 2.75) is 0 Å². The van der Waals surface area contributed by atoms with Crippen LogP contribution in [0.5, 0.6) is 0 Å². The first kappa shape index (κ1) is 35.6. The van der Waals surface area contributed by atoms with Gasteiger partial charge in [0.2, 0.25) is 0 Å². The molecule has 2 heterocycles. The van der Waals surface area contributed by atoms with Crippen LogP contribution in [-0.2, 0) is 0 Å². The van der Waals surface area contributed by atoms with E-state index in [9.17, 15) is 0 Å². The Kier molecular flexibility index (Phi) is 8.62. The maximum atomic E-state index is 2.40. The SMILES string of the molecule is c1cc(-c2cccc(N(c3ccc(-c4ccc5c(c4)sc4ccccc45)cc3)c3cccc(-c4ccc5ccccc5c4)c3)c2)cc(-c2cccc3c2sc2ccccc23)c1. The van der Waals surface area contributed by atoms with Gasteiger partial charge in [-0.1, -0.05) is 158 Å². The molecule has 286 valence electrons. The summed E-state index contributed by atoms with van der Waals surface area (Å²) in [5, 5.41) is 7.78. The molecule has 0 aliphatic rings. The van der Waals surface area contributed by atoms with Crippen molar-refractivity contribution >= 4 is 90.9 Å². The van der Waals surface area contributed by atoms with E-state index in [0.717, 1.165) is 17.1 Å². The fraction of sp³-hybridized carbons (Fsp3) is 0. The first-order valence-electron chi connectivity index (χ1n) is 20.7. The molecule has 0 amide bonds. The number of thiophene rings is 2. The topological polar surface area (TPSA) is 3.24 Å². The summed E-state index contributed by atoms with van der Waals surface area (Å²) in [6, 6.07) is 82.5. The lowest BCUT2D eigenvalue weighted by Gasteiger charge is -2.27. The Morgan fingerprint density at radius 1 is 0.262 bits per heavy atom. The molecule has 0 N–H and O–H groups in total. The summed E-state index contributed by atoms with van der Waals surface area (Å²) in [7, 11) is 0. The molecule has 12 rings (SSSR count). The van der Waals surface area contributed by atoms with Crippen molar-refractivity contribution in [3.05, 3.63) is 224 Å². The maximum absolute atomic E-state index is 2.40. The highest BCUT2D eigenvalue weighted by molar-refractivity contribution is 7.26. The molecule has 2 aromatic heterocycles. The maximum Gasteiger partial charge on any atom is 0.0467 e. The number of nitrogens with zero attached hydrogens (tertiary/aromatic N) is 1. The molecular weight excluding hydrogens is 775 g/mol. The van der Waals surface area contributed by atoms with Crippen LogP contribution in [-0.4, -0.2) is 0 Å². The third-order valence-corrected chi connectivity index (χ3v) is 14.4. The summed E-state index contributed by atoms with van der Waals surface area (Å²) in [6.45, 7) is 0. The van der Waals surface area contributed by atoms with E-state index in [0.29, 0.717) is 0 Å². The molecule has 0 aliphatic carbocycles. The van der Waals surface area contributed by atoms with Gasteiger partial charge in [0.15, 0.2) is 0 Å². The second-order valence-electron chi connectivity index (χ2n) is 15.7. The zero-order valence-electron chi connectivity index (χ0n) is 33.1. The van der Waals surface area contributed by atoms with Crippen molar-refractivity contribution in [2.24, 2.45) is 0 Å². The molecule has 0 unspecified atom stereocenters. The molecule has 0 radical (unpaired) electrons. The second kappa shape index (κ2) is 14.8. The van der Waals surface area contributed by atoms with Crippen molar-refractivity contribution in [1.29, 1.82) is 0 Å². The molecule has 1 nitrogen and oxygen atoms in total. The van der Waals surface area contributed by atoms with Crippen molar-refractivity contribution in [3.63, 3.8) is 0 Å². The Bertz CT molecular complexity index is 3610. The van der Waals surface area contributed by atoms with E-state index in [-0.39, 0.29) is 0 Å². The molecule has 0 bridgehead atoms. The predicted octanol–water partition coefficient (Wildman–Crippen LogP) is 17.7. The smallest absolute Gasteiger partial charge is 0.0467 e. The molecule has 0 spiro atoms. The van der Waals surface area contributed by atoms with E-state index in [4.69, 9.17) is 0 Å². The van der Waals surface area contributed by atoms with Crippen molar-refractivity contribution in [3.8, 4) is 44.5 Å². The molecule has 12 aromatic rings. The van der Waals surface area contributed by atoms with E-state index in [1.54, 1.807) is 0 Å². The molecule has 0 saturated heterocycles. The summed E-state index contributed by atoms with van der Waals surface area (Å²) >= 11 is 3.75. The number of hydrogen-bond donors (Lipinski definition) is 0. The van der Waals surface area contributed by atoms with E-state index < -0.39 is 0 Å². The number of rotatable bonds is 7. The van der Waals surface area contributed by atoms with Gasteiger partial charge in [0, 0.05) is 57.4 Å². The molecular formula is C58H37NS2. The highest BCUT2D eigenvalue weighted by atomic mass is 32.1. The Morgan fingerprint density at radius 2 is 0.787 bits per heavy atom. The minimum atomic E-state index is 1.10. The van der Waals surface area contributed by atoms with Gasteiger partial charge in [0.1, 0.15) is 0 Å². The summed E-state index contributed by atoms with van der Waals surface area (Å²) in [6.07, 6.45) is 0. The van der Waals surface area contributed by atoms with Gasteiger partial charge in [-0.25, -0.2) is 0 Å². The fourth-order valence-corrected chi connectivity index (χ4v) is 11.4. The van der Waals surface area contributed by atoms with Crippen LogP contribution in [0.3, 0.4) is 0 Å². The zero-order valence-corrected chi connectivity index (χ0v) is 34.8. The van der Waals surface area contributed by atoms with Crippen LogP contribution in [0.4, 0.5) is 17.1 Å². The largest absolute Gasteiger partial charge is 0.310 e. The van der Waals surface area contributed by atoms with E-state index in [1.807, 2.05) is 22.7 Å².